The minimum Gasteiger partial charge on any atom is -0.313 e. The normalized spacial score (nSPS) is 32.4. The topological polar surface area (TPSA) is 12.0 Å². The van der Waals surface area contributed by atoms with Gasteiger partial charge in [-0.1, -0.05) is 6.92 Å². The Bertz CT molecular complexity index is 168. The molecule has 2 aliphatic carbocycles. The van der Waals surface area contributed by atoms with Crippen molar-refractivity contribution >= 4 is 11.8 Å². The summed E-state index contributed by atoms with van der Waals surface area (Å²) in [4.78, 5) is 0. The predicted octanol–water partition coefficient (Wildman–Crippen LogP) is 2.91. The van der Waals surface area contributed by atoms with Gasteiger partial charge in [0.1, 0.15) is 0 Å². The zero-order valence-electron chi connectivity index (χ0n) is 9.30. The third kappa shape index (κ3) is 3.82. The van der Waals surface area contributed by atoms with E-state index in [4.69, 9.17) is 0 Å². The van der Waals surface area contributed by atoms with Crippen molar-refractivity contribution in [3.8, 4) is 0 Å². The highest BCUT2D eigenvalue weighted by atomic mass is 32.2. The Morgan fingerprint density at radius 3 is 2.71 bits per heavy atom. The minimum absolute atomic E-state index is 0.839. The highest BCUT2D eigenvalue weighted by molar-refractivity contribution is 7.99. The second-order valence-corrected chi connectivity index (χ2v) is 6.24. The van der Waals surface area contributed by atoms with Gasteiger partial charge >= 0.3 is 0 Å². The third-order valence-corrected chi connectivity index (χ3v) is 4.62. The standard InChI is InChI=1S/C12H23NS/c1-10-2-5-12(8-10)13-6-7-14-9-11-3-4-11/h10-13H,2-9H2,1H3. The molecule has 1 nitrogen and oxygen atoms in total. The molecule has 2 unspecified atom stereocenters. The number of rotatable bonds is 6. The van der Waals surface area contributed by atoms with Gasteiger partial charge < -0.3 is 5.32 Å². The van der Waals surface area contributed by atoms with E-state index in [9.17, 15) is 0 Å². The molecule has 14 heavy (non-hydrogen) atoms. The van der Waals surface area contributed by atoms with Crippen molar-refractivity contribution < 1.29 is 0 Å². The molecule has 0 amide bonds. The lowest BCUT2D eigenvalue weighted by atomic mass is 10.1. The van der Waals surface area contributed by atoms with Gasteiger partial charge in [-0.05, 0) is 49.7 Å². The van der Waals surface area contributed by atoms with Crippen LogP contribution in [-0.4, -0.2) is 24.1 Å². The van der Waals surface area contributed by atoms with Crippen LogP contribution in [0, 0.1) is 11.8 Å². The maximum Gasteiger partial charge on any atom is 0.00700 e. The first kappa shape index (κ1) is 10.8. The summed E-state index contributed by atoms with van der Waals surface area (Å²) in [7, 11) is 0. The van der Waals surface area contributed by atoms with Crippen LogP contribution >= 0.6 is 11.8 Å². The number of thioether (sulfide) groups is 1. The molecule has 0 bridgehead atoms. The molecule has 0 aromatic rings. The molecule has 2 saturated carbocycles. The molecule has 0 aromatic carbocycles. The maximum atomic E-state index is 3.69. The Hall–Kier alpha value is 0.310. The Morgan fingerprint density at radius 1 is 1.21 bits per heavy atom. The Morgan fingerprint density at radius 2 is 2.07 bits per heavy atom. The molecule has 2 rings (SSSR count). The van der Waals surface area contributed by atoms with Crippen molar-refractivity contribution in [2.75, 3.05) is 18.1 Å². The van der Waals surface area contributed by atoms with E-state index in [0.29, 0.717) is 0 Å². The molecule has 2 aliphatic rings. The van der Waals surface area contributed by atoms with Gasteiger partial charge in [0.15, 0.2) is 0 Å². The Balaban J connectivity index is 1.42. The number of hydrogen-bond acceptors (Lipinski definition) is 2. The molecule has 2 atom stereocenters. The van der Waals surface area contributed by atoms with Crippen molar-refractivity contribution in [2.24, 2.45) is 11.8 Å². The minimum atomic E-state index is 0.839. The Labute approximate surface area is 92.4 Å². The van der Waals surface area contributed by atoms with Gasteiger partial charge in [0.25, 0.3) is 0 Å². The maximum absolute atomic E-state index is 3.69. The van der Waals surface area contributed by atoms with Gasteiger partial charge in [-0.15, -0.1) is 0 Å². The summed E-state index contributed by atoms with van der Waals surface area (Å²) < 4.78 is 0. The Kier molecular flexibility index (Phi) is 4.18. The average Bonchev–Trinajstić information content (AvgIpc) is 2.89. The fourth-order valence-corrected chi connectivity index (χ4v) is 3.36. The predicted molar refractivity (Wildman–Crippen MR) is 64.9 cm³/mol. The lowest BCUT2D eigenvalue weighted by molar-refractivity contribution is 0.518. The summed E-state index contributed by atoms with van der Waals surface area (Å²) in [6.07, 6.45) is 7.26. The zero-order chi connectivity index (χ0) is 9.80. The van der Waals surface area contributed by atoms with E-state index >= 15 is 0 Å². The fraction of sp³-hybridized carbons (Fsp3) is 1.00. The van der Waals surface area contributed by atoms with Crippen LogP contribution in [0.4, 0.5) is 0 Å². The van der Waals surface area contributed by atoms with Crippen LogP contribution in [0.1, 0.15) is 39.0 Å². The van der Waals surface area contributed by atoms with E-state index in [1.807, 2.05) is 0 Å². The summed E-state index contributed by atoms with van der Waals surface area (Å²) in [5, 5.41) is 3.69. The third-order valence-electron chi connectivity index (χ3n) is 3.42. The zero-order valence-corrected chi connectivity index (χ0v) is 10.1. The highest BCUT2D eigenvalue weighted by Gasteiger charge is 2.21. The molecular weight excluding hydrogens is 190 g/mol. The number of hydrogen-bond donors (Lipinski definition) is 1. The first-order chi connectivity index (χ1) is 6.84. The molecule has 0 aromatic heterocycles. The van der Waals surface area contributed by atoms with Crippen molar-refractivity contribution in [2.45, 2.75) is 45.1 Å². The molecule has 0 spiro atoms. The SMILES string of the molecule is CC1CCC(NCCSCC2CC2)C1. The molecular formula is C12H23NS. The van der Waals surface area contributed by atoms with Gasteiger partial charge in [0.05, 0.1) is 0 Å². The van der Waals surface area contributed by atoms with E-state index in [0.717, 1.165) is 17.9 Å². The van der Waals surface area contributed by atoms with E-state index in [-0.39, 0.29) is 0 Å². The van der Waals surface area contributed by atoms with Crippen LogP contribution < -0.4 is 5.32 Å². The first-order valence-electron chi connectivity index (χ1n) is 6.15. The quantitative estimate of drug-likeness (QED) is 0.681. The van der Waals surface area contributed by atoms with E-state index < -0.39 is 0 Å². The molecule has 2 heteroatoms. The molecule has 2 fully saturated rings. The van der Waals surface area contributed by atoms with Crippen LogP contribution in [-0.2, 0) is 0 Å². The van der Waals surface area contributed by atoms with Gasteiger partial charge in [0, 0.05) is 18.3 Å². The summed E-state index contributed by atoms with van der Waals surface area (Å²) in [5.41, 5.74) is 0. The second kappa shape index (κ2) is 5.41. The summed E-state index contributed by atoms with van der Waals surface area (Å²) >= 11 is 2.15. The summed E-state index contributed by atoms with van der Waals surface area (Å²) in [6.45, 7) is 3.61. The van der Waals surface area contributed by atoms with Crippen LogP contribution in [0.25, 0.3) is 0 Å². The van der Waals surface area contributed by atoms with Gasteiger partial charge in [-0.3, -0.25) is 0 Å². The lowest BCUT2D eigenvalue weighted by Crippen LogP contribution is -2.28. The van der Waals surface area contributed by atoms with Gasteiger partial charge in [0.2, 0.25) is 0 Å². The van der Waals surface area contributed by atoms with E-state index in [1.165, 1.54) is 50.2 Å². The van der Waals surface area contributed by atoms with Crippen LogP contribution in [0.2, 0.25) is 0 Å². The second-order valence-electron chi connectivity index (χ2n) is 5.09. The molecule has 0 heterocycles. The lowest BCUT2D eigenvalue weighted by Gasteiger charge is -2.11. The van der Waals surface area contributed by atoms with Gasteiger partial charge in [-0.2, -0.15) is 11.8 Å². The number of nitrogens with one attached hydrogen (secondary N) is 1. The molecule has 1 N–H and O–H groups in total. The monoisotopic (exact) mass is 213 g/mol. The fourth-order valence-electron chi connectivity index (χ4n) is 2.26. The van der Waals surface area contributed by atoms with Crippen molar-refractivity contribution in [3.05, 3.63) is 0 Å². The van der Waals surface area contributed by atoms with Crippen molar-refractivity contribution in [1.29, 1.82) is 0 Å². The van der Waals surface area contributed by atoms with Crippen molar-refractivity contribution in [1.82, 2.24) is 5.32 Å². The average molecular weight is 213 g/mol. The molecule has 0 saturated heterocycles. The molecule has 82 valence electrons. The van der Waals surface area contributed by atoms with Crippen LogP contribution in [0.15, 0.2) is 0 Å². The van der Waals surface area contributed by atoms with Crippen molar-refractivity contribution in [3.63, 3.8) is 0 Å². The van der Waals surface area contributed by atoms with Gasteiger partial charge in [-0.25, -0.2) is 0 Å². The smallest absolute Gasteiger partial charge is 0.00700 e. The highest BCUT2D eigenvalue weighted by Crippen LogP contribution is 2.32. The van der Waals surface area contributed by atoms with E-state index in [1.54, 1.807) is 0 Å². The van der Waals surface area contributed by atoms with E-state index in [2.05, 4.69) is 24.0 Å². The summed E-state index contributed by atoms with van der Waals surface area (Å²) in [5.74, 6) is 4.79. The summed E-state index contributed by atoms with van der Waals surface area (Å²) in [6, 6.07) is 0.839. The van der Waals surface area contributed by atoms with Crippen LogP contribution in [0.5, 0.6) is 0 Å². The van der Waals surface area contributed by atoms with Crippen LogP contribution in [0.3, 0.4) is 0 Å². The first-order valence-corrected chi connectivity index (χ1v) is 7.31. The molecule has 0 aliphatic heterocycles. The largest absolute Gasteiger partial charge is 0.313 e. The molecule has 0 radical (unpaired) electrons.